The van der Waals surface area contributed by atoms with Crippen LogP contribution in [0.5, 0.6) is 11.6 Å². The minimum absolute atomic E-state index is 0.0733. The van der Waals surface area contributed by atoms with Gasteiger partial charge in [-0.05, 0) is 37.4 Å². The highest BCUT2D eigenvalue weighted by atomic mass is 16.5. The second-order valence-corrected chi connectivity index (χ2v) is 15.1. The Kier molecular flexibility index (Phi) is 8.52. The summed E-state index contributed by atoms with van der Waals surface area (Å²) < 4.78 is 13.1. The molecular weight excluding hydrogens is 648 g/mol. The molecule has 4 aromatic heterocycles. The minimum Gasteiger partial charge on any atom is -0.491 e. The van der Waals surface area contributed by atoms with Gasteiger partial charge >= 0.3 is 6.09 Å². The first-order valence-electron chi connectivity index (χ1n) is 17.7. The van der Waals surface area contributed by atoms with Crippen LogP contribution in [0.4, 0.5) is 4.79 Å². The second-order valence-electron chi connectivity index (χ2n) is 15.1. The van der Waals surface area contributed by atoms with Gasteiger partial charge in [-0.3, -0.25) is 24.7 Å². The van der Waals surface area contributed by atoms with Gasteiger partial charge in [0.15, 0.2) is 0 Å². The molecule has 0 aromatic carbocycles. The number of piperazine rings is 1. The van der Waals surface area contributed by atoms with Gasteiger partial charge in [0.05, 0.1) is 53.7 Å². The lowest BCUT2D eigenvalue weighted by Gasteiger charge is -2.57. The lowest BCUT2D eigenvalue weighted by Crippen LogP contribution is -2.69. The predicted molar refractivity (Wildman–Crippen MR) is 188 cm³/mol. The highest BCUT2D eigenvalue weighted by Gasteiger charge is 2.51. The maximum atomic E-state index is 11.4. The molecule has 5 saturated heterocycles. The smallest absolute Gasteiger partial charge is 0.407 e. The topological polar surface area (TPSA) is 148 Å². The highest BCUT2D eigenvalue weighted by molar-refractivity contribution is 5.83. The van der Waals surface area contributed by atoms with Gasteiger partial charge < -0.3 is 19.5 Å². The van der Waals surface area contributed by atoms with E-state index in [0.717, 1.165) is 56.8 Å². The van der Waals surface area contributed by atoms with E-state index < -0.39 is 6.09 Å². The van der Waals surface area contributed by atoms with Gasteiger partial charge in [0, 0.05) is 87.3 Å². The van der Waals surface area contributed by atoms with Crippen molar-refractivity contribution in [1.82, 2.24) is 44.2 Å². The molecule has 9 heterocycles. The van der Waals surface area contributed by atoms with Crippen LogP contribution in [0.3, 0.4) is 0 Å². The number of amides is 1. The lowest BCUT2D eigenvalue weighted by atomic mass is 9.83. The molecule has 1 spiro atoms. The van der Waals surface area contributed by atoms with Gasteiger partial charge in [-0.25, -0.2) is 14.3 Å². The Labute approximate surface area is 297 Å². The minimum atomic E-state index is -0.856. The SMILES string of the molecule is COc1ccc(CN2C3CC2CN(CC(C)(C)c2cnc(-c4cc(OCCN5CCCC56CN(C(=O)O)C6)cn5ncc(C#N)c45)cn2)C3)cn1. The monoisotopic (exact) mass is 692 g/mol. The summed E-state index contributed by atoms with van der Waals surface area (Å²) in [7, 11) is 1.64. The number of carboxylic acid groups (broad SMARTS) is 1. The molecule has 1 amide bonds. The number of ether oxygens (including phenoxy) is 2. The van der Waals surface area contributed by atoms with Gasteiger partial charge in [-0.2, -0.15) is 10.4 Å². The fourth-order valence-electron chi connectivity index (χ4n) is 8.68. The Bertz CT molecular complexity index is 1940. The predicted octanol–water partition coefficient (Wildman–Crippen LogP) is 3.51. The number of rotatable bonds is 11. The molecule has 14 nitrogen and oxygen atoms in total. The quantitative estimate of drug-likeness (QED) is 0.245. The van der Waals surface area contributed by atoms with Crippen molar-refractivity contribution in [2.45, 2.75) is 62.7 Å². The van der Waals surface area contributed by atoms with E-state index in [0.29, 0.717) is 66.7 Å². The van der Waals surface area contributed by atoms with E-state index in [1.807, 2.05) is 24.5 Å². The Hall–Kier alpha value is -4.84. The zero-order chi connectivity index (χ0) is 35.3. The third-order valence-electron chi connectivity index (χ3n) is 11.4. The molecule has 266 valence electrons. The summed E-state index contributed by atoms with van der Waals surface area (Å²) in [5.41, 5.74) is 4.33. The fraction of sp³-hybridized carbons (Fsp3) is 0.514. The molecule has 1 N–H and O–H groups in total. The van der Waals surface area contributed by atoms with E-state index in [1.165, 1.54) is 16.9 Å². The van der Waals surface area contributed by atoms with Crippen LogP contribution in [0.25, 0.3) is 16.8 Å². The number of likely N-dealkylation sites (tertiary alicyclic amines) is 2. The number of nitriles is 1. The van der Waals surface area contributed by atoms with Gasteiger partial charge in [-0.15, -0.1) is 0 Å². The van der Waals surface area contributed by atoms with Crippen molar-refractivity contribution in [2.75, 3.05) is 59.5 Å². The summed E-state index contributed by atoms with van der Waals surface area (Å²) >= 11 is 0. The Morgan fingerprint density at radius 1 is 1.12 bits per heavy atom. The van der Waals surface area contributed by atoms with Crippen LogP contribution in [0.1, 0.15) is 49.9 Å². The molecule has 0 saturated carbocycles. The zero-order valence-corrected chi connectivity index (χ0v) is 29.4. The molecule has 4 aromatic rings. The van der Waals surface area contributed by atoms with Gasteiger partial charge in [0.2, 0.25) is 5.88 Å². The first kappa shape index (κ1) is 33.3. The number of pyridine rings is 2. The molecule has 14 heteroatoms. The van der Waals surface area contributed by atoms with Crippen LogP contribution in [0, 0.1) is 11.3 Å². The number of piperidine rings is 1. The summed E-state index contributed by atoms with van der Waals surface area (Å²) in [6, 6.07) is 9.27. The third-order valence-corrected chi connectivity index (χ3v) is 11.4. The number of nitrogens with zero attached hydrogens (tertiary/aromatic N) is 10. The molecule has 5 aliphatic rings. The molecule has 9 rings (SSSR count). The second kappa shape index (κ2) is 13.0. The maximum absolute atomic E-state index is 11.4. The van der Waals surface area contributed by atoms with Crippen molar-refractivity contribution < 1.29 is 19.4 Å². The normalized spacial score (nSPS) is 21.7. The average molecular weight is 693 g/mol. The average Bonchev–Trinajstić information content (AvgIpc) is 3.74. The first-order chi connectivity index (χ1) is 24.6. The van der Waals surface area contributed by atoms with Crippen molar-refractivity contribution in [3.8, 4) is 29.0 Å². The Morgan fingerprint density at radius 2 is 1.94 bits per heavy atom. The van der Waals surface area contributed by atoms with Crippen LogP contribution in [-0.2, 0) is 12.0 Å². The van der Waals surface area contributed by atoms with Gasteiger partial charge in [-0.1, -0.05) is 19.9 Å². The van der Waals surface area contributed by atoms with Crippen LogP contribution >= 0.6 is 0 Å². The largest absolute Gasteiger partial charge is 0.491 e. The molecule has 2 atom stereocenters. The fourth-order valence-corrected chi connectivity index (χ4v) is 8.68. The summed E-state index contributed by atoms with van der Waals surface area (Å²) in [5, 5.41) is 23.6. The number of carbonyl (C=O) groups is 1. The van der Waals surface area contributed by atoms with Crippen molar-refractivity contribution in [2.24, 2.45) is 0 Å². The molecule has 2 unspecified atom stereocenters. The van der Waals surface area contributed by atoms with E-state index in [1.54, 1.807) is 30.2 Å². The number of aromatic nitrogens is 5. The van der Waals surface area contributed by atoms with Crippen LogP contribution in [0.2, 0.25) is 0 Å². The number of hydrogen-bond donors (Lipinski definition) is 1. The number of fused-ring (bicyclic) bond motifs is 3. The molecule has 0 radical (unpaired) electrons. The van der Waals surface area contributed by atoms with E-state index in [9.17, 15) is 15.2 Å². The van der Waals surface area contributed by atoms with Crippen molar-refractivity contribution >= 4 is 11.6 Å². The summed E-state index contributed by atoms with van der Waals surface area (Å²) in [6.45, 7) is 11.5. The molecular formula is C37H44N10O4. The molecule has 51 heavy (non-hydrogen) atoms. The van der Waals surface area contributed by atoms with Crippen molar-refractivity contribution in [3.05, 3.63) is 66.0 Å². The molecule has 5 aliphatic heterocycles. The van der Waals surface area contributed by atoms with Crippen LogP contribution < -0.4 is 9.47 Å². The number of hydrogen-bond acceptors (Lipinski definition) is 11. The highest BCUT2D eigenvalue weighted by Crippen LogP contribution is 2.38. The van der Waals surface area contributed by atoms with E-state index in [2.05, 4.69) is 50.8 Å². The summed E-state index contributed by atoms with van der Waals surface area (Å²) in [5.74, 6) is 1.26. The van der Waals surface area contributed by atoms with Crippen molar-refractivity contribution in [3.63, 3.8) is 0 Å². The summed E-state index contributed by atoms with van der Waals surface area (Å²) in [6.07, 6.45) is 11.4. The third kappa shape index (κ3) is 6.23. The Balaban J connectivity index is 0.924. The molecule has 5 fully saturated rings. The van der Waals surface area contributed by atoms with Crippen molar-refractivity contribution in [1.29, 1.82) is 5.26 Å². The molecule has 2 bridgehead atoms. The van der Waals surface area contributed by atoms with Crippen LogP contribution in [0.15, 0.2) is 49.2 Å². The first-order valence-corrected chi connectivity index (χ1v) is 17.7. The van der Waals surface area contributed by atoms with Gasteiger partial charge in [0.1, 0.15) is 18.4 Å². The standard InChI is InChI=1S/C37H44N10O4/c1-36(2,22-43-19-27-11-28(20-43)46(27)18-25-5-6-33(50-3)41-14-25)32-17-39-31(16-40-32)30-12-29(21-47-34(30)26(13-38)15-42-47)51-10-9-45-8-4-7-37(45)23-44(24-37)35(48)49/h5-6,12,14-17,21,27-28H,4,7-11,18-20,22-24H2,1-3H3,(H,48,49). The van der Waals surface area contributed by atoms with Gasteiger partial charge in [0.25, 0.3) is 0 Å². The molecule has 0 aliphatic carbocycles. The summed E-state index contributed by atoms with van der Waals surface area (Å²) in [4.78, 5) is 34.6. The van der Waals surface area contributed by atoms with E-state index in [4.69, 9.17) is 19.4 Å². The Morgan fingerprint density at radius 3 is 2.63 bits per heavy atom. The maximum Gasteiger partial charge on any atom is 0.407 e. The number of methoxy groups -OCH3 is 1. The lowest BCUT2D eigenvalue weighted by molar-refractivity contribution is -0.0790. The zero-order valence-electron chi connectivity index (χ0n) is 29.4. The van der Waals surface area contributed by atoms with E-state index in [-0.39, 0.29) is 11.0 Å². The van der Waals surface area contributed by atoms with Crippen LogP contribution in [-0.4, -0.2) is 133 Å². The van der Waals surface area contributed by atoms with E-state index >= 15 is 0 Å².